The van der Waals surface area contributed by atoms with E-state index in [1.807, 2.05) is 42.5 Å². The van der Waals surface area contributed by atoms with Crippen molar-refractivity contribution in [3.05, 3.63) is 94.0 Å². The van der Waals surface area contributed by atoms with Crippen LogP contribution in [-0.2, 0) is 6.54 Å². The summed E-state index contributed by atoms with van der Waals surface area (Å²) < 4.78 is 0.920. The lowest BCUT2D eigenvalue weighted by atomic mass is 10.1. The van der Waals surface area contributed by atoms with Crippen molar-refractivity contribution in [1.29, 1.82) is 0 Å². The van der Waals surface area contributed by atoms with Gasteiger partial charge in [0.25, 0.3) is 11.8 Å². The van der Waals surface area contributed by atoms with Crippen molar-refractivity contribution < 1.29 is 9.59 Å². The quantitative estimate of drug-likeness (QED) is 0.548. The average Bonchev–Trinajstić information content (AvgIpc) is 2.67. The molecular formula is C21H18BrN3O2. The molecule has 0 aliphatic rings. The number of para-hydroxylation sites is 1. The number of halogens is 1. The predicted octanol–water partition coefficient (Wildman–Crippen LogP) is 4.41. The minimum Gasteiger partial charge on any atom is -0.380 e. The zero-order valence-electron chi connectivity index (χ0n) is 14.4. The lowest BCUT2D eigenvalue weighted by molar-refractivity contribution is 0.0998. The van der Waals surface area contributed by atoms with Crippen molar-refractivity contribution in [3.8, 4) is 0 Å². The Morgan fingerprint density at radius 3 is 2.41 bits per heavy atom. The Balaban J connectivity index is 1.68. The molecule has 0 spiro atoms. The predicted molar refractivity (Wildman–Crippen MR) is 111 cm³/mol. The molecule has 3 aromatic carbocycles. The summed E-state index contributed by atoms with van der Waals surface area (Å²) in [7, 11) is 0. The van der Waals surface area contributed by atoms with Gasteiger partial charge >= 0.3 is 0 Å². The lowest BCUT2D eigenvalue weighted by Crippen LogP contribution is -2.14. The number of hydrogen-bond donors (Lipinski definition) is 3. The maximum absolute atomic E-state index is 12.3. The molecule has 0 bridgehead atoms. The smallest absolute Gasteiger partial charge is 0.255 e. The maximum Gasteiger partial charge on any atom is 0.255 e. The molecule has 0 fully saturated rings. The van der Waals surface area contributed by atoms with E-state index in [2.05, 4.69) is 26.6 Å². The number of carbonyl (C=O) groups excluding carboxylic acids is 2. The number of benzene rings is 3. The third-order valence-electron chi connectivity index (χ3n) is 3.97. The van der Waals surface area contributed by atoms with Crippen LogP contribution in [0.15, 0.2) is 77.3 Å². The van der Waals surface area contributed by atoms with Crippen LogP contribution < -0.4 is 16.4 Å². The summed E-state index contributed by atoms with van der Waals surface area (Å²) in [6.07, 6.45) is 0. The molecule has 3 aromatic rings. The molecule has 136 valence electrons. The number of nitrogens with two attached hydrogens (primary N) is 1. The van der Waals surface area contributed by atoms with Gasteiger partial charge in [-0.2, -0.15) is 0 Å². The third kappa shape index (κ3) is 4.95. The van der Waals surface area contributed by atoms with Crippen molar-refractivity contribution >= 4 is 39.1 Å². The highest BCUT2D eigenvalue weighted by atomic mass is 79.9. The summed E-state index contributed by atoms with van der Waals surface area (Å²) in [6.45, 7) is 0.492. The summed E-state index contributed by atoms with van der Waals surface area (Å²) in [5.74, 6) is -0.653. The molecule has 0 aromatic heterocycles. The first kappa shape index (κ1) is 18.7. The molecule has 27 heavy (non-hydrogen) atoms. The molecule has 0 unspecified atom stereocenters. The largest absolute Gasteiger partial charge is 0.380 e. The van der Waals surface area contributed by atoms with E-state index >= 15 is 0 Å². The summed E-state index contributed by atoms with van der Waals surface area (Å²) in [6, 6.07) is 21.8. The van der Waals surface area contributed by atoms with Gasteiger partial charge in [0.2, 0.25) is 0 Å². The molecule has 0 aliphatic heterocycles. The minimum atomic E-state index is -0.478. The standard InChI is InChI=1S/C21H18BrN3O2/c22-16-10-8-15(9-11-16)21(27)25-17-5-3-4-14(12-17)13-24-19-7-2-1-6-18(19)20(23)26/h1-12,24H,13H2,(H2,23,26)(H,25,27). The van der Waals surface area contributed by atoms with Crippen molar-refractivity contribution in [2.45, 2.75) is 6.54 Å². The molecule has 0 aliphatic carbocycles. The second-order valence-electron chi connectivity index (χ2n) is 5.92. The van der Waals surface area contributed by atoms with Crippen LogP contribution in [0.25, 0.3) is 0 Å². The van der Waals surface area contributed by atoms with Crippen molar-refractivity contribution in [3.63, 3.8) is 0 Å². The van der Waals surface area contributed by atoms with Crippen LogP contribution in [0.5, 0.6) is 0 Å². The summed E-state index contributed by atoms with van der Waals surface area (Å²) >= 11 is 3.35. The van der Waals surface area contributed by atoms with Crippen LogP contribution in [0, 0.1) is 0 Å². The summed E-state index contributed by atoms with van der Waals surface area (Å²) in [4.78, 5) is 23.8. The Hall–Kier alpha value is -3.12. The lowest BCUT2D eigenvalue weighted by Gasteiger charge is -2.11. The van der Waals surface area contributed by atoms with Gasteiger partial charge in [0.15, 0.2) is 0 Å². The summed E-state index contributed by atoms with van der Waals surface area (Å²) in [5, 5.41) is 6.10. The van der Waals surface area contributed by atoms with Gasteiger partial charge in [0, 0.05) is 28.0 Å². The Morgan fingerprint density at radius 1 is 0.926 bits per heavy atom. The van der Waals surface area contributed by atoms with E-state index < -0.39 is 5.91 Å². The van der Waals surface area contributed by atoms with E-state index in [1.54, 1.807) is 30.3 Å². The van der Waals surface area contributed by atoms with Crippen LogP contribution in [0.4, 0.5) is 11.4 Å². The van der Waals surface area contributed by atoms with Gasteiger partial charge in [0.05, 0.1) is 5.56 Å². The monoisotopic (exact) mass is 423 g/mol. The molecule has 0 heterocycles. The van der Waals surface area contributed by atoms with E-state index in [0.29, 0.717) is 29.0 Å². The molecule has 0 atom stereocenters. The number of amides is 2. The highest BCUT2D eigenvalue weighted by Crippen LogP contribution is 2.18. The second-order valence-corrected chi connectivity index (χ2v) is 6.84. The molecule has 6 heteroatoms. The number of rotatable bonds is 6. The SMILES string of the molecule is NC(=O)c1ccccc1NCc1cccc(NC(=O)c2ccc(Br)cc2)c1. The molecule has 0 saturated heterocycles. The van der Waals surface area contributed by atoms with Crippen molar-refractivity contribution in [2.75, 3.05) is 10.6 Å². The van der Waals surface area contributed by atoms with Gasteiger partial charge in [-0.25, -0.2) is 0 Å². The summed E-state index contributed by atoms with van der Waals surface area (Å²) in [5.41, 5.74) is 8.76. The number of hydrogen-bond acceptors (Lipinski definition) is 3. The molecule has 4 N–H and O–H groups in total. The van der Waals surface area contributed by atoms with Gasteiger partial charge in [-0.15, -0.1) is 0 Å². The van der Waals surface area contributed by atoms with Gasteiger partial charge in [-0.1, -0.05) is 40.2 Å². The first-order chi connectivity index (χ1) is 13.0. The Morgan fingerprint density at radius 2 is 1.67 bits per heavy atom. The van der Waals surface area contributed by atoms with E-state index in [4.69, 9.17) is 5.73 Å². The fourth-order valence-corrected chi connectivity index (χ4v) is 2.88. The van der Waals surface area contributed by atoms with E-state index in [-0.39, 0.29) is 5.91 Å². The highest BCUT2D eigenvalue weighted by Gasteiger charge is 2.08. The normalized spacial score (nSPS) is 10.3. The van der Waals surface area contributed by atoms with E-state index in [0.717, 1.165) is 10.0 Å². The first-order valence-corrected chi connectivity index (χ1v) is 9.11. The Bertz CT molecular complexity index is 971. The van der Waals surface area contributed by atoms with Gasteiger partial charge in [-0.3, -0.25) is 9.59 Å². The van der Waals surface area contributed by atoms with Crippen molar-refractivity contribution in [1.82, 2.24) is 0 Å². The number of nitrogens with one attached hydrogen (secondary N) is 2. The van der Waals surface area contributed by atoms with E-state index in [1.165, 1.54) is 0 Å². The van der Waals surface area contributed by atoms with Crippen LogP contribution in [0.2, 0.25) is 0 Å². The molecule has 5 nitrogen and oxygen atoms in total. The number of carbonyl (C=O) groups is 2. The van der Waals surface area contributed by atoms with Crippen LogP contribution >= 0.6 is 15.9 Å². The van der Waals surface area contributed by atoms with Crippen LogP contribution in [-0.4, -0.2) is 11.8 Å². The first-order valence-electron chi connectivity index (χ1n) is 8.31. The molecule has 0 saturated carbocycles. The fraction of sp³-hybridized carbons (Fsp3) is 0.0476. The maximum atomic E-state index is 12.3. The second kappa shape index (κ2) is 8.51. The Labute approximate surface area is 165 Å². The van der Waals surface area contributed by atoms with E-state index in [9.17, 15) is 9.59 Å². The fourth-order valence-electron chi connectivity index (χ4n) is 2.61. The molecule has 0 radical (unpaired) electrons. The zero-order valence-corrected chi connectivity index (χ0v) is 16.0. The average molecular weight is 424 g/mol. The third-order valence-corrected chi connectivity index (χ3v) is 4.50. The zero-order chi connectivity index (χ0) is 19.2. The number of primary amides is 1. The molecule has 3 rings (SSSR count). The van der Waals surface area contributed by atoms with Gasteiger partial charge < -0.3 is 16.4 Å². The Kier molecular flexibility index (Phi) is 5.88. The molecular weight excluding hydrogens is 406 g/mol. The van der Waals surface area contributed by atoms with Gasteiger partial charge in [-0.05, 0) is 54.1 Å². The van der Waals surface area contributed by atoms with Crippen LogP contribution in [0.1, 0.15) is 26.3 Å². The van der Waals surface area contributed by atoms with Gasteiger partial charge in [0.1, 0.15) is 0 Å². The van der Waals surface area contributed by atoms with Crippen LogP contribution in [0.3, 0.4) is 0 Å². The number of anilines is 2. The highest BCUT2D eigenvalue weighted by molar-refractivity contribution is 9.10. The topological polar surface area (TPSA) is 84.2 Å². The minimum absolute atomic E-state index is 0.174. The van der Waals surface area contributed by atoms with Crippen molar-refractivity contribution in [2.24, 2.45) is 5.73 Å². The molecule has 2 amide bonds.